The summed E-state index contributed by atoms with van der Waals surface area (Å²) in [6.07, 6.45) is 6.26. The van der Waals surface area contributed by atoms with E-state index in [1.54, 1.807) is 6.92 Å². The summed E-state index contributed by atoms with van der Waals surface area (Å²) in [5, 5.41) is 20.2. The van der Waals surface area contributed by atoms with Gasteiger partial charge in [-0.15, -0.1) is 6.42 Å². The van der Waals surface area contributed by atoms with Gasteiger partial charge in [0.2, 0.25) is 0 Å². The molecule has 0 bridgehead atoms. The monoisotopic (exact) mass is 489 g/mol. The Balaban J connectivity index is 1.79. The number of aliphatic carboxylic acids is 1. The molecule has 0 aliphatic carbocycles. The second-order valence-corrected chi connectivity index (χ2v) is 8.39. The molecule has 2 aromatic heterocycles. The number of fused-ring (bicyclic) bond motifs is 2. The number of carbonyl (C=O) groups is 1. The van der Waals surface area contributed by atoms with Crippen molar-refractivity contribution in [1.29, 1.82) is 0 Å². The minimum Gasteiger partial charge on any atom is -0.508 e. The number of terminal acetylenes is 1. The van der Waals surface area contributed by atoms with Gasteiger partial charge in [-0.1, -0.05) is 12.0 Å². The molecule has 2 N–H and O–H groups in total. The maximum atomic E-state index is 14.6. The summed E-state index contributed by atoms with van der Waals surface area (Å²) in [5.74, 6) is 0.933. The molecule has 0 unspecified atom stereocenters. The number of ether oxygens (including phenoxy) is 1. The van der Waals surface area contributed by atoms with Gasteiger partial charge in [-0.2, -0.15) is 9.97 Å². The molecular formula is C26H20FN3O6. The highest BCUT2D eigenvalue weighted by atomic mass is 19.1. The number of benzene rings is 2. The van der Waals surface area contributed by atoms with Crippen molar-refractivity contribution in [1.82, 2.24) is 9.97 Å². The maximum absolute atomic E-state index is 14.6. The van der Waals surface area contributed by atoms with E-state index in [2.05, 4.69) is 15.9 Å². The molecule has 10 heteroatoms. The number of aryl methyl sites for hydroxylation is 1. The molecule has 1 fully saturated rings. The van der Waals surface area contributed by atoms with Crippen molar-refractivity contribution in [3.63, 3.8) is 0 Å². The zero-order chi connectivity index (χ0) is 25.6. The molecule has 4 aromatic rings. The SMILES string of the molecule is C#Cc1c(F)ccc2cc(O)cc(-c3oc(=O)c4c(N5CCC5)nc(OCCC(=O)O)nc4c3C)c12. The Labute approximate surface area is 203 Å². The molecule has 1 aliphatic rings. The Morgan fingerprint density at radius 1 is 1.28 bits per heavy atom. The molecule has 2 aromatic carbocycles. The van der Waals surface area contributed by atoms with Crippen LogP contribution in [0.5, 0.6) is 11.8 Å². The number of hydrogen-bond acceptors (Lipinski definition) is 8. The number of rotatable bonds is 6. The number of hydrogen-bond donors (Lipinski definition) is 2. The first kappa shape index (κ1) is 23.1. The lowest BCUT2D eigenvalue weighted by atomic mass is 9.95. The molecule has 9 nitrogen and oxygen atoms in total. The van der Waals surface area contributed by atoms with Crippen LogP contribution in [0.2, 0.25) is 0 Å². The van der Waals surface area contributed by atoms with E-state index < -0.39 is 17.4 Å². The number of carboxylic acid groups (broad SMARTS) is 1. The Hall–Kier alpha value is -4.65. The average molecular weight is 489 g/mol. The third-order valence-electron chi connectivity index (χ3n) is 6.11. The highest BCUT2D eigenvalue weighted by Gasteiger charge is 2.27. The highest BCUT2D eigenvalue weighted by Crippen LogP contribution is 2.39. The van der Waals surface area contributed by atoms with Crippen molar-refractivity contribution in [2.24, 2.45) is 0 Å². The number of nitrogens with zero attached hydrogens (tertiary/aromatic N) is 3. The van der Waals surface area contributed by atoms with Crippen LogP contribution in [-0.2, 0) is 4.79 Å². The standard InChI is InChI=1S/C26H20FN3O6/c1-3-16-18(27)6-5-14-11-15(31)12-17(20(14)16)23-13(2)22-21(25(34)36-23)24(30-8-4-9-30)29-26(28-22)35-10-7-19(32)33/h1,5-6,11-12,31H,4,7-10H2,2H3,(H,32,33). The van der Waals surface area contributed by atoms with E-state index in [1.165, 1.54) is 24.3 Å². The number of aromatic hydroxyl groups is 1. The van der Waals surface area contributed by atoms with Crippen LogP contribution in [0.25, 0.3) is 33.0 Å². The van der Waals surface area contributed by atoms with Crippen LogP contribution in [0, 0.1) is 25.1 Å². The van der Waals surface area contributed by atoms with E-state index in [0.717, 1.165) is 6.42 Å². The molecular weight excluding hydrogens is 469 g/mol. The summed E-state index contributed by atoms with van der Waals surface area (Å²) in [6.45, 7) is 2.85. The predicted molar refractivity (Wildman–Crippen MR) is 130 cm³/mol. The van der Waals surface area contributed by atoms with Crippen molar-refractivity contribution in [2.75, 3.05) is 24.6 Å². The molecule has 1 aliphatic heterocycles. The number of phenolic OH excluding ortho intramolecular Hbond substituents is 1. The van der Waals surface area contributed by atoms with Gasteiger partial charge in [0.15, 0.2) is 5.82 Å². The summed E-state index contributed by atoms with van der Waals surface area (Å²) in [4.78, 5) is 34.8. The van der Waals surface area contributed by atoms with E-state index in [9.17, 15) is 19.1 Å². The lowest BCUT2D eigenvalue weighted by molar-refractivity contribution is -0.137. The summed E-state index contributed by atoms with van der Waals surface area (Å²) in [6, 6.07) is 5.38. The molecule has 1 saturated heterocycles. The van der Waals surface area contributed by atoms with Crippen LogP contribution >= 0.6 is 0 Å². The van der Waals surface area contributed by atoms with Gasteiger partial charge in [0.25, 0.3) is 0 Å². The summed E-state index contributed by atoms with van der Waals surface area (Å²) in [7, 11) is 0. The first-order chi connectivity index (χ1) is 17.3. The first-order valence-electron chi connectivity index (χ1n) is 11.2. The van der Waals surface area contributed by atoms with E-state index in [0.29, 0.717) is 35.2 Å². The second-order valence-electron chi connectivity index (χ2n) is 8.39. The molecule has 0 saturated carbocycles. The molecule has 0 spiro atoms. The summed E-state index contributed by atoms with van der Waals surface area (Å²) < 4.78 is 25.8. The molecule has 36 heavy (non-hydrogen) atoms. The Morgan fingerprint density at radius 2 is 2.06 bits per heavy atom. The van der Waals surface area contributed by atoms with Gasteiger partial charge in [-0.3, -0.25) is 4.79 Å². The summed E-state index contributed by atoms with van der Waals surface area (Å²) in [5.41, 5.74) is 0.118. The number of phenols is 1. The van der Waals surface area contributed by atoms with E-state index in [1.807, 2.05) is 4.90 Å². The fourth-order valence-corrected chi connectivity index (χ4v) is 4.27. The third-order valence-corrected chi connectivity index (χ3v) is 6.11. The van der Waals surface area contributed by atoms with Crippen LogP contribution in [0.15, 0.2) is 33.5 Å². The highest BCUT2D eigenvalue weighted by molar-refractivity contribution is 6.03. The molecule has 3 heterocycles. The third kappa shape index (κ3) is 3.84. The van der Waals surface area contributed by atoms with Crippen LogP contribution in [0.3, 0.4) is 0 Å². The lowest BCUT2D eigenvalue weighted by Crippen LogP contribution is -2.38. The first-order valence-corrected chi connectivity index (χ1v) is 11.2. The van der Waals surface area contributed by atoms with E-state index >= 15 is 0 Å². The van der Waals surface area contributed by atoms with Crippen molar-refractivity contribution in [2.45, 2.75) is 19.8 Å². The minimum absolute atomic E-state index is 0.0358. The zero-order valence-corrected chi connectivity index (χ0v) is 19.2. The van der Waals surface area contributed by atoms with Gasteiger partial charge in [-0.25, -0.2) is 9.18 Å². The lowest BCUT2D eigenvalue weighted by Gasteiger charge is -2.32. The molecule has 0 atom stereocenters. The van der Waals surface area contributed by atoms with Gasteiger partial charge in [0, 0.05) is 29.6 Å². The normalized spacial score (nSPS) is 13.0. The van der Waals surface area contributed by atoms with Gasteiger partial charge >= 0.3 is 17.6 Å². The number of carboxylic acids is 1. The van der Waals surface area contributed by atoms with Crippen molar-refractivity contribution in [3.05, 3.63) is 51.6 Å². The minimum atomic E-state index is -1.04. The van der Waals surface area contributed by atoms with E-state index in [-0.39, 0.29) is 52.6 Å². The van der Waals surface area contributed by atoms with Crippen molar-refractivity contribution >= 4 is 33.5 Å². The van der Waals surface area contributed by atoms with Gasteiger partial charge in [0.1, 0.15) is 29.3 Å². The summed E-state index contributed by atoms with van der Waals surface area (Å²) >= 11 is 0. The maximum Gasteiger partial charge on any atom is 0.349 e. The number of aromatic nitrogens is 2. The van der Waals surface area contributed by atoms with Crippen molar-refractivity contribution < 1.29 is 28.6 Å². The topological polar surface area (TPSA) is 126 Å². The smallest absolute Gasteiger partial charge is 0.349 e. The van der Waals surface area contributed by atoms with Crippen LogP contribution in [0.4, 0.5) is 10.2 Å². The molecule has 0 radical (unpaired) electrons. The Kier molecular flexibility index (Phi) is 5.68. The average Bonchev–Trinajstić information content (AvgIpc) is 2.79. The van der Waals surface area contributed by atoms with Crippen molar-refractivity contribution in [3.8, 4) is 35.4 Å². The van der Waals surface area contributed by atoms with Gasteiger partial charge in [-0.05, 0) is 36.9 Å². The largest absolute Gasteiger partial charge is 0.508 e. The van der Waals surface area contributed by atoms with Crippen LogP contribution < -0.4 is 15.3 Å². The van der Waals surface area contributed by atoms with Gasteiger partial charge in [0.05, 0.1) is 17.5 Å². The molecule has 5 rings (SSSR count). The number of halogens is 1. The van der Waals surface area contributed by atoms with Crippen LogP contribution in [0.1, 0.15) is 24.0 Å². The number of anilines is 1. The van der Waals surface area contributed by atoms with E-state index in [4.69, 9.17) is 20.7 Å². The Morgan fingerprint density at radius 3 is 2.72 bits per heavy atom. The molecule has 182 valence electrons. The van der Waals surface area contributed by atoms with Crippen LogP contribution in [-0.4, -0.2) is 45.8 Å². The fourth-order valence-electron chi connectivity index (χ4n) is 4.27. The second kappa shape index (κ2) is 8.85. The zero-order valence-electron chi connectivity index (χ0n) is 19.2. The predicted octanol–water partition coefficient (Wildman–Crippen LogP) is 3.60. The van der Waals surface area contributed by atoms with Gasteiger partial charge < -0.3 is 24.3 Å². The Bertz CT molecular complexity index is 1650. The quantitative estimate of drug-likeness (QED) is 0.391. The molecule has 0 amide bonds. The fraction of sp³-hybridized carbons (Fsp3) is 0.231.